The van der Waals surface area contributed by atoms with Crippen LogP contribution in [-0.2, 0) is 6.54 Å². The zero-order chi connectivity index (χ0) is 11.4. The van der Waals surface area contributed by atoms with Crippen LogP contribution in [0.5, 0.6) is 5.75 Å². The third kappa shape index (κ3) is 2.62. The Hall–Kier alpha value is -1.78. The van der Waals surface area contributed by atoms with Crippen molar-refractivity contribution in [2.75, 3.05) is 13.7 Å². The summed E-state index contributed by atoms with van der Waals surface area (Å²) in [6.45, 7) is 3.60. The molecule has 5 nitrogen and oxygen atoms in total. The van der Waals surface area contributed by atoms with Gasteiger partial charge in [0.05, 0.1) is 32.1 Å². The van der Waals surface area contributed by atoms with Crippen molar-refractivity contribution in [1.29, 1.82) is 0 Å². The summed E-state index contributed by atoms with van der Waals surface area (Å²) in [5.41, 5.74) is 0.963. The van der Waals surface area contributed by atoms with E-state index in [-0.39, 0.29) is 0 Å². The monoisotopic (exact) mass is 220 g/mol. The van der Waals surface area contributed by atoms with E-state index in [2.05, 4.69) is 27.5 Å². The molecule has 1 aromatic rings. The molecule has 2 heterocycles. The van der Waals surface area contributed by atoms with Gasteiger partial charge in [0.1, 0.15) is 5.75 Å². The maximum atomic E-state index is 5.04. The van der Waals surface area contributed by atoms with Crippen molar-refractivity contribution >= 4 is 5.96 Å². The summed E-state index contributed by atoms with van der Waals surface area (Å²) < 4.78 is 5.04. The number of aromatic nitrogens is 1. The number of rotatable bonds is 3. The molecule has 0 bridgehead atoms. The Morgan fingerprint density at radius 1 is 1.56 bits per heavy atom. The van der Waals surface area contributed by atoms with Gasteiger partial charge in [-0.25, -0.2) is 0 Å². The predicted molar refractivity (Wildman–Crippen MR) is 62.5 cm³/mol. The first-order valence-corrected chi connectivity index (χ1v) is 5.31. The molecule has 0 aromatic carbocycles. The van der Waals surface area contributed by atoms with Crippen molar-refractivity contribution in [3.63, 3.8) is 0 Å². The minimum Gasteiger partial charge on any atom is -0.495 e. The third-order valence-corrected chi connectivity index (χ3v) is 2.38. The average molecular weight is 220 g/mol. The molecule has 2 rings (SSSR count). The molecule has 0 radical (unpaired) electrons. The fraction of sp³-hybridized carbons (Fsp3) is 0.455. The molecule has 86 valence electrons. The summed E-state index contributed by atoms with van der Waals surface area (Å²) in [4.78, 5) is 8.57. The Bertz CT molecular complexity index is 374. The summed E-state index contributed by atoms with van der Waals surface area (Å²) in [7, 11) is 1.63. The lowest BCUT2D eigenvalue weighted by molar-refractivity contribution is 0.412. The molecule has 1 aliphatic heterocycles. The lowest BCUT2D eigenvalue weighted by Crippen LogP contribution is -2.37. The highest BCUT2D eigenvalue weighted by atomic mass is 16.5. The molecule has 0 aliphatic carbocycles. The van der Waals surface area contributed by atoms with Crippen molar-refractivity contribution < 1.29 is 4.74 Å². The van der Waals surface area contributed by atoms with Gasteiger partial charge in [0.25, 0.3) is 0 Å². The molecule has 1 atom stereocenters. The lowest BCUT2D eigenvalue weighted by atomic mass is 10.3. The van der Waals surface area contributed by atoms with Crippen LogP contribution in [0.4, 0.5) is 0 Å². The van der Waals surface area contributed by atoms with Gasteiger partial charge in [0, 0.05) is 6.04 Å². The smallest absolute Gasteiger partial charge is 0.191 e. The van der Waals surface area contributed by atoms with Crippen LogP contribution in [0.2, 0.25) is 0 Å². The Morgan fingerprint density at radius 2 is 2.44 bits per heavy atom. The largest absolute Gasteiger partial charge is 0.495 e. The molecule has 1 unspecified atom stereocenters. The normalized spacial score (nSPS) is 18.9. The second-order valence-electron chi connectivity index (χ2n) is 3.78. The SMILES string of the molecule is COc1ccc(CNC2=NCC(C)N2)nc1. The van der Waals surface area contributed by atoms with Crippen LogP contribution < -0.4 is 15.4 Å². The molecule has 0 saturated carbocycles. The number of hydrogen-bond acceptors (Lipinski definition) is 5. The highest BCUT2D eigenvalue weighted by Crippen LogP contribution is 2.07. The van der Waals surface area contributed by atoms with E-state index in [1.165, 1.54) is 0 Å². The van der Waals surface area contributed by atoms with Crippen molar-refractivity contribution in [2.45, 2.75) is 19.5 Å². The molecule has 0 saturated heterocycles. The molecular weight excluding hydrogens is 204 g/mol. The number of methoxy groups -OCH3 is 1. The maximum Gasteiger partial charge on any atom is 0.191 e. The Morgan fingerprint density at radius 3 is 3.00 bits per heavy atom. The molecule has 1 aromatic heterocycles. The number of pyridine rings is 1. The fourth-order valence-electron chi connectivity index (χ4n) is 1.47. The van der Waals surface area contributed by atoms with Gasteiger partial charge in [-0.1, -0.05) is 0 Å². The van der Waals surface area contributed by atoms with Crippen molar-refractivity contribution in [2.24, 2.45) is 4.99 Å². The van der Waals surface area contributed by atoms with Crippen LogP contribution in [0, 0.1) is 0 Å². The van der Waals surface area contributed by atoms with Crippen LogP contribution in [0.25, 0.3) is 0 Å². The average Bonchev–Trinajstić information content (AvgIpc) is 2.73. The third-order valence-electron chi connectivity index (χ3n) is 2.38. The quantitative estimate of drug-likeness (QED) is 0.780. The number of nitrogens with one attached hydrogen (secondary N) is 2. The maximum absolute atomic E-state index is 5.04. The standard InChI is InChI=1S/C11H16N4O/c1-8-5-13-11(15-8)14-6-9-3-4-10(16-2)7-12-9/h3-4,7-8H,5-6H2,1-2H3,(H2,13,14,15). The van der Waals surface area contributed by atoms with Gasteiger partial charge in [-0.15, -0.1) is 0 Å². The van der Waals surface area contributed by atoms with E-state index in [1.54, 1.807) is 13.3 Å². The van der Waals surface area contributed by atoms with Crippen molar-refractivity contribution in [1.82, 2.24) is 15.6 Å². The van der Waals surface area contributed by atoms with Crippen LogP contribution in [0.1, 0.15) is 12.6 Å². The van der Waals surface area contributed by atoms with Crippen molar-refractivity contribution in [3.05, 3.63) is 24.0 Å². The first-order chi connectivity index (χ1) is 7.78. The second kappa shape index (κ2) is 4.83. The Kier molecular flexibility index (Phi) is 3.24. The predicted octanol–water partition coefficient (Wildman–Crippen LogP) is 0.527. The van der Waals surface area contributed by atoms with Crippen LogP contribution in [-0.4, -0.2) is 30.6 Å². The van der Waals surface area contributed by atoms with Gasteiger partial charge in [0.15, 0.2) is 5.96 Å². The zero-order valence-electron chi connectivity index (χ0n) is 9.53. The van der Waals surface area contributed by atoms with E-state index in [0.29, 0.717) is 12.6 Å². The summed E-state index contributed by atoms with van der Waals surface area (Å²) in [6.07, 6.45) is 1.71. The Labute approximate surface area is 94.9 Å². The molecule has 16 heavy (non-hydrogen) atoms. The minimum absolute atomic E-state index is 0.423. The van der Waals surface area contributed by atoms with Crippen molar-refractivity contribution in [3.8, 4) is 5.75 Å². The molecule has 0 fully saturated rings. The fourth-order valence-corrected chi connectivity index (χ4v) is 1.47. The number of guanidine groups is 1. The zero-order valence-corrected chi connectivity index (χ0v) is 9.53. The van der Waals surface area contributed by atoms with E-state index in [4.69, 9.17) is 4.74 Å². The highest BCUT2D eigenvalue weighted by Gasteiger charge is 2.11. The van der Waals surface area contributed by atoms with E-state index in [9.17, 15) is 0 Å². The van der Waals surface area contributed by atoms with E-state index < -0.39 is 0 Å². The van der Waals surface area contributed by atoms with Crippen LogP contribution in [0.3, 0.4) is 0 Å². The molecule has 2 N–H and O–H groups in total. The van der Waals surface area contributed by atoms with E-state index in [1.807, 2.05) is 12.1 Å². The van der Waals surface area contributed by atoms with E-state index in [0.717, 1.165) is 23.9 Å². The van der Waals surface area contributed by atoms with Crippen LogP contribution in [0.15, 0.2) is 23.3 Å². The molecule has 1 aliphatic rings. The van der Waals surface area contributed by atoms with Gasteiger partial charge >= 0.3 is 0 Å². The number of ether oxygens (including phenoxy) is 1. The summed E-state index contributed by atoms with van der Waals surface area (Å²) in [5, 5.41) is 6.43. The van der Waals surface area contributed by atoms with E-state index >= 15 is 0 Å². The Balaban J connectivity index is 1.85. The first kappa shape index (κ1) is 10.7. The van der Waals surface area contributed by atoms with Gasteiger partial charge in [-0.3, -0.25) is 9.98 Å². The van der Waals surface area contributed by atoms with Gasteiger partial charge in [-0.05, 0) is 19.1 Å². The minimum atomic E-state index is 0.423. The molecule has 0 spiro atoms. The summed E-state index contributed by atoms with van der Waals surface area (Å²) in [5.74, 6) is 1.62. The molecular formula is C11H16N4O. The number of aliphatic imine (C=N–C) groups is 1. The van der Waals surface area contributed by atoms with Gasteiger partial charge in [-0.2, -0.15) is 0 Å². The number of hydrogen-bond donors (Lipinski definition) is 2. The highest BCUT2D eigenvalue weighted by molar-refractivity contribution is 5.81. The first-order valence-electron chi connectivity index (χ1n) is 5.31. The van der Waals surface area contributed by atoms with Gasteiger partial charge in [0.2, 0.25) is 0 Å². The summed E-state index contributed by atoms with van der Waals surface area (Å²) in [6, 6.07) is 4.26. The lowest BCUT2D eigenvalue weighted by Gasteiger charge is -2.08. The molecule has 5 heteroatoms. The molecule has 0 amide bonds. The topological polar surface area (TPSA) is 58.5 Å². The number of nitrogens with zero attached hydrogens (tertiary/aromatic N) is 2. The van der Waals surface area contributed by atoms with Crippen LogP contribution >= 0.6 is 0 Å². The second-order valence-corrected chi connectivity index (χ2v) is 3.78. The summed E-state index contributed by atoms with van der Waals surface area (Å²) >= 11 is 0. The van der Waals surface area contributed by atoms with Gasteiger partial charge < -0.3 is 15.4 Å².